The van der Waals surface area contributed by atoms with E-state index in [9.17, 15) is 9.90 Å². The summed E-state index contributed by atoms with van der Waals surface area (Å²) < 4.78 is 6.86. The van der Waals surface area contributed by atoms with Crippen molar-refractivity contribution in [2.75, 3.05) is 26.2 Å². The van der Waals surface area contributed by atoms with Crippen molar-refractivity contribution in [1.82, 2.24) is 9.32 Å². The molecule has 0 bridgehead atoms. The first kappa shape index (κ1) is 15.7. The highest BCUT2D eigenvalue weighted by Gasteiger charge is 2.28. The predicted molar refractivity (Wildman–Crippen MR) is 83.7 cm³/mol. The lowest BCUT2D eigenvalue weighted by Gasteiger charge is -2.38. The number of piperazine rings is 1. The molecule has 0 aromatic heterocycles. The summed E-state index contributed by atoms with van der Waals surface area (Å²) >= 11 is 6.03. The number of ether oxygens (including phenoxy) is 1. The predicted octanol–water partition coefficient (Wildman–Crippen LogP) is 1.86. The summed E-state index contributed by atoms with van der Waals surface area (Å²) in [6.07, 6.45) is -0.578. The molecular formula is C16H21ClN2O3. The van der Waals surface area contributed by atoms with Gasteiger partial charge in [-0.2, -0.15) is 0 Å². The fraction of sp³-hybridized carbons (Fsp3) is 0.562. The van der Waals surface area contributed by atoms with Gasteiger partial charge in [-0.05, 0) is 42.8 Å². The van der Waals surface area contributed by atoms with E-state index in [1.807, 2.05) is 13.0 Å². The van der Waals surface area contributed by atoms with Crippen LogP contribution in [0.4, 0.5) is 0 Å². The Labute approximate surface area is 135 Å². The Bertz CT molecular complexity index is 593. The van der Waals surface area contributed by atoms with Crippen LogP contribution in [0, 0.1) is 6.92 Å². The number of aliphatic hydroxyl groups excluding tert-OH is 1. The van der Waals surface area contributed by atoms with Gasteiger partial charge in [-0.15, -0.1) is 0 Å². The average molecular weight is 325 g/mol. The molecule has 0 unspecified atom stereocenters. The first-order valence-corrected chi connectivity index (χ1v) is 7.93. The summed E-state index contributed by atoms with van der Waals surface area (Å²) in [6.45, 7) is 7.36. The molecule has 0 amide bonds. The van der Waals surface area contributed by atoms with Gasteiger partial charge in [0.15, 0.2) is 0 Å². The summed E-state index contributed by atoms with van der Waals surface area (Å²) in [6, 6.07) is 3.91. The number of aliphatic hydroxyl groups is 1. The summed E-state index contributed by atoms with van der Waals surface area (Å²) in [4.78, 5) is 13.8. The number of rotatable bonds is 3. The second-order valence-corrected chi connectivity index (χ2v) is 6.59. The third kappa shape index (κ3) is 2.86. The van der Waals surface area contributed by atoms with E-state index >= 15 is 0 Å². The molecule has 0 radical (unpaired) electrons. The fourth-order valence-corrected chi connectivity index (χ4v) is 3.55. The molecule has 1 aromatic carbocycles. The van der Waals surface area contributed by atoms with Gasteiger partial charge < -0.3 is 9.84 Å². The van der Waals surface area contributed by atoms with Crippen molar-refractivity contribution in [2.24, 2.45) is 0 Å². The number of esters is 1. The molecule has 22 heavy (non-hydrogen) atoms. The molecule has 1 fully saturated rings. The highest BCUT2D eigenvalue weighted by atomic mass is 35.5. The van der Waals surface area contributed by atoms with Crippen molar-refractivity contribution in [1.29, 1.82) is 0 Å². The lowest BCUT2D eigenvalue weighted by molar-refractivity contribution is 0.0534. The minimum atomic E-state index is -0.578. The van der Waals surface area contributed by atoms with Crippen molar-refractivity contribution >= 4 is 17.7 Å². The Morgan fingerprint density at radius 3 is 2.95 bits per heavy atom. The molecule has 120 valence electrons. The lowest BCUT2D eigenvalue weighted by atomic mass is 9.95. The van der Waals surface area contributed by atoms with Gasteiger partial charge in [-0.25, -0.2) is 9.21 Å². The molecule has 6 heteroatoms. The Balaban J connectivity index is 1.76. The largest absolute Gasteiger partial charge is 0.457 e. The van der Waals surface area contributed by atoms with Gasteiger partial charge >= 0.3 is 5.97 Å². The van der Waals surface area contributed by atoms with Crippen molar-refractivity contribution < 1.29 is 14.6 Å². The van der Waals surface area contributed by atoms with Crippen LogP contribution in [0.5, 0.6) is 0 Å². The fourth-order valence-electron chi connectivity index (χ4n) is 3.27. The number of hydrogen-bond acceptors (Lipinski definition) is 5. The van der Waals surface area contributed by atoms with Crippen molar-refractivity contribution in [3.8, 4) is 0 Å². The van der Waals surface area contributed by atoms with Crippen molar-refractivity contribution in [3.05, 3.63) is 34.4 Å². The van der Waals surface area contributed by atoms with Gasteiger partial charge in [-0.1, -0.05) is 6.07 Å². The zero-order chi connectivity index (χ0) is 15.9. The van der Waals surface area contributed by atoms with E-state index in [0.717, 1.165) is 36.3 Å². The lowest BCUT2D eigenvalue weighted by Crippen LogP contribution is -2.50. The third-order valence-corrected chi connectivity index (χ3v) is 5.00. The van der Waals surface area contributed by atoms with Crippen LogP contribution in [0.1, 0.15) is 40.1 Å². The Morgan fingerprint density at radius 2 is 2.23 bits per heavy atom. The summed E-state index contributed by atoms with van der Waals surface area (Å²) in [5.74, 6) is -0.272. The van der Waals surface area contributed by atoms with Gasteiger partial charge in [-0.3, -0.25) is 4.90 Å². The number of halogens is 1. The molecule has 2 aliphatic rings. The van der Waals surface area contributed by atoms with Crippen molar-refractivity contribution in [2.45, 2.75) is 32.6 Å². The second-order valence-electron chi connectivity index (χ2n) is 6.11. The number of carbonyl (C=O) groups is 1. The number of hydrogen-bond donors (Lipinski definition) is 1. The maximum absolute atomic E-state index is 11.6. The number of benzene rings is 1. The maximum atomic E-state index is 11.6. The molecule has 0 spiro atoms. The molecule has 2 atom stereocenters. The molecule has 1 aromatic rings. The normalized spacial score (nSPS) is 24.2. The minimum Gasteiger partial charge on any atom is -0.457 e. The van der Waals surface area contributed by atoms with Gasteiger partial charge in [0, 0.05) is 37.8 Å². The Hall–Kier alpha value is -1.14. The average Bonchev–Trinajstić information content (AvgIpc) is 2.85. The van der Waals surface area contributed by atoms with Crippen LogP contribution >= 0.6 is 11.8 Å². The Morgan fingerprint density at radius 1 is 1.45 bits per heavy atom. The molecule has 0 aliphatic carbocycles. The minimum absolute atomic E-state index is 0.272. The van der Waals surface area contributed by atoms with E-state index in [2.05, 4.69) is 11.8 Å². The van der Waals surface area contributed by atoms with E-state index in [-0.39, 0.29) is 5.97 Å². The smallest absolute Gasteiger partial charge is 0.338 e. The quantitative estimate of drug-likeness (QED) is 0.679. The molecule has 5 nitrogen and oxygen atoms in total. The van der Waals surface area contributed by atoms with Gasteiger partial charge in [0.25, 0.3) is 0 Å². The van der Waals surface area contributed by atoms with Crippen LogP contribution in [0.2, 0.25) is 0 Å². The van der Waals surface area contributed by atoms with Gasteiger partial charge in [0.05, 0.1) is 11.7 Å². The molecular weight excluding hydrogens is 304 g/mol. The summed E-state index contributed by atoms with van der Waals surface area (Å²) in [7, 11) is 0. The third-order valence-electron chi connectivity index (χ3n) is 4.69. The van der Waals surface area contributed by atoms with Crippen LogP contribution < -0.4 is 0 Å². The zero-order valence-corrected chi connectivity index (χ0v) is 13.6. The van der Waals surface area contributed by atoms with Gasteiger partial charge in [0.2, 0.25) is 0 Å². The molecule has 3 rings (SSSR count). The first-order chi connectivity index (χ1) is 10.5. The molecule has 0 saturated carbocycles. The standard InChI is InChI=1S/C16H21ClN2O3/c1-10-7-19(17)6-5-18(10)8-15(20)12-3-4-13-14(11(12)2)9-22-16(13)21/h3-4,10,15,20H,5-9H2,1-2H3/t10-,15-/m0/s1. The van der Waals surface area contributed by atoms with E-state index in [4.69, 9.17) is 16.5 Å². The highest BCUT2D eigenvalue weighted by Crippen LogP contribution is 2.29. The molecule has 1 saturated heterocycles. The van der Waals surface area contributed by atoms with E-state index < -0.39 is 6.10 Å². The van der Waals surface area contributed by atoms with E-state index in [1.165, 1.54) is 0 Å². The van der Waals surface area contributed by atoms with Crippen LogP contribution in [0.15, 0.2) is 12.1 Å². The first-order valence-electron chi connectivity index (χ1n) is 7.59. The number of carbonyl (C=O) groups excluding carboxylic acids is 1. The van der Waals surface area contributed by atoms with Crippen LogP contribution in [-0.4, -0.2) is 52.6 Å². The van der Waals surface area contributed by atoms with E-state index in [0.29, 0.717) is 24.8 Å². The number of cyclic esters (lactones) is 1. The Kier molecular flexibility index (Phi) is 4.41. The molecule has 2 aliphatic heterocycles. The summed E-state index contributed by atoms with van der Waals surface area (Å²) in [5, 5.41) is 10.6. The van der Waals surface area contributed by atoms with Crippen LogP contribution in [-0.2, 0) is 11.3 Å². The molecule has 2 heterocycles. The monoisotopic (exact) mass is 324 g/mol. The zero-order valence-electron chi connectivity index (χ0n) is 12.9. The topological polar surface area (TPSA) is 53.0 Å². The number of β-amino-alcohol motifs (C(OH)–C–C–N with tert-alkyl or cyclic N) is 1. The number of nitrogens with zero attached hydrogens (tertiary/aromatic N) is 2. The highest BCUT2D eigenvalue weighted by molar-refractivity contribution is 6.13. The van der Waals surface area contributed by atoms with Crippen LogP contribution in [0.3, 0.4) is 0 Å². The number of fused-ring (bicyclic) bond motifs is 1. The summed E-state index contributed by atoms with van der Waals surface area (Å²) in [5.41, 5.74) is 3.36. The van der Waals surface area contributed by atoms with Gasteiger partial charge in [0.1, 0.15) is 6.61 Å². The SMILES string of the molecule is Cc1c([C@@H](O)CN2CCN(Cl)C[C@@H]2C)ccc2c1COC2=O. The van der Waals surface area contributed by atoms with Crippen LogP contribution in [0.25, 0.3) is 0 Å². The van der Waals surface area contributed by atoms with Crippen molar-refractivity contribution in [3.63, 3.8) is 0 Å². The maximum Gasteiger partial charge on any atom is 0.338 e. The van der Waals surface area contributed by atoms with E-state index in [1.54, 1.807) is 10.5 Å². The second kappa shape index (κ2) is 6.16. The molecule has 1 N–H and O–H groups in total.